The van der Waals surface area contributed by atoms with E-state index in [1.54, 1.807) is 0 Å². The van der Waals surface area contributed by atoms with Crippen molar-refractivity contribution in [2.45, 2.75) is 12.0 Å². The summed E-state index contributed by atoms with van der Waals surface area (Å²) in [5, 5.41) is 9.63. The van der Waals surface area contributed by atoms with Gasteiger partial charge in [-0.3, -0.25) is 0 Å². The summed E-state index contributed by atoms with van der Waals surface area (Å²) in [5.41, 5.74) is 14.2. The van der Waals surface area contributed by atoms with Gasteiger partial charge < -0.3 is 13.9 Å². The van der Waals surface area contributed by atoms with Crippen molar-refractivity contribution in [2.75, 3.05) is 4.90 Å². The molecule has 0 saturated carbocycles. The molecule has 8 aromatic carbocycles. The molecule has 0 spiro atoms. The van der Waals surface area contributed by atoms with Gasteiger partial charge in [0.1, 0.15) is 16.8 Å². The summed E-state index contributed by atoms with van der Waals surface area (Å²) in [6.07, 6.45) is 4.75. The van der Waals surface area contributed by atoms with Crippen molar-refractivity contribution in [3.8, 4) is 28.1 Å². The molecule has 11 aromatic rings. The number of nitrogens with zero attached hydrogens (tertiary/aromatic N) is 4. The Balaban J connectivity index is 1.09. The van der Waals surface area contributed by atoms with E-state index in [-0.39, 0.29) is 12.0 Å². The van der Waals surface area contributed by atoms with Crippen molar-refractivity contribution < 1.29 is 4.42 Å². The van der Waals surface area contributed by atoms with Gasteiger partial charge in [-0.25, -0.2) is 9.97 Å². The molecule has 1 aliphatic heterocycles. The van der Waals surface area contributed by atoms with Gasteiger partial charge in [0.2, 0.25) is 5.95 Å². The first-order valence-corrected chi connectivity index (χ1v) is 19.7. The Labute approximate surface area is 326 Å². The molecule has 5 nitrogen and oxygen atoms in total. The predicted molar refractivity (Wildman–Crippen MR) is 233 cm³/mol. The minimum absolute atomic E-state index is 0.0511. The summed E-state index contributed by atoms with van der Waals surface area (Å²) in [6, 6.07) is 56.8. The van der Waals surface area contributed by atoms with Crippen molar-refractivity contribution in [2.24, 2.45) is 0 Å². The fourth-order valence-electron chi connectivity index (χ4n) is 10.6. The van der Waals surface area contributed by atoms with Crippen LogP contribution in [0.2, 0.25) is 0 Å². The zero-order chi connectivity index (χ0) is 36.9. The molecule has 2 atom stereocenters. The molecule has 3 aromatic heterocycles. The van der Waals surface area contributed by atoms with Crippen LogP contribution in [-0.2, 0) is 0 Å². The summed E-state index contributed by atoms with van der Waals surface area (Å²) in [6.45, 7) is 0. The number of benzene rings is 8. The smallest absolute Gasteiger partial charge is 0.231 e. The second-order valence-corrected chi connectivity index (χ2v) is 15.6. The van der Waals surface area contributed by atoms with Crippen LogP contribution < -0.4 is 4.90 Å². The highest BCUT2D eigenvalue weighted by atomic mass is 16.3. The van der Waals surface area contributed by atoms with Crippen molar-refractivity contribution in [3.05, 3.63) is 181 Å². The Morgan fingerprint density at radius 2 is 1.30 bits per heavy atom. The molecule has 0 radical (unpaired) electrons. The fourth-order valence-corrected chi connectivity index (χ4v) is 10.6. The van der Waals surface area contributed by atoms with Crippen LogP contribution in [0.5, 0.6) is 0 Å². The summed E-state index contributed by atoms with van der Waals surface area (Å²) in [7, 11) is 0. The number of anilines is 2. The van der Waals surface area contributed by atoms with Gasteiger partial charge in [-0.1, -0.05) is 121 Å². The number of aromatic nitrogens is 3. The number of furan rings is 1. The Bertz CT molecular complexity index is 3610. The molecule has 57 heavy (non-hydrogen) atoms. The van der Waals surface area contributed by atoms with Gasteiger partial charge >= 0.3 is 0 Å². The summed E-state index contributed by atoms with van der Waals surface area (Å²) in [5.74, 6) is 0.734. The quantitative estimate of drug-likeness (QED) is 0.170. The molecule has 2 unspecified atom stereocenters. The van der Waals surface area contributed by atoms with Gasteiger partial charge in [0.05, 0.1) is 17.3 Å². The summed E-state index contributed by atoms with van der Waals surface area (Å²) in [4.78, 5) is 13.5. The average Bonchev–Trinajstić information content (AvgIpc) is 3.90. The normalized spacial score (nSPS) is 16.3. The van der Waals surface area contributed by atoms with Crippen LogP contribution in [0.4, 0.5) is 11.6 Å². The van der Waals surface area contributed by atoms with E-state index < -0.39 is 0 Å². The lowest BCUT2D eigenvalue weighted by molar-refractivity contribution is 0.666. The van der Waals surface area contributed by atoms with Crippen LogP contribution in [0.25, 0.3) is 99.4 Å². The van der Waals surface area contributed by atoms with Gasteiger partial charge in [-0.2, -0.15) is 0 Å². The second kappa shape index (κ2) is 10.6. The van der Waals surface area contributed by atoms with Crippen LogP contribution in [0.3, 0.4) is 0 Å². The lowest BCUT2D eigenvalue weighted by Crippen LogP contribution is -2.32. The SMILES string of the molecule is C1=CC2C3c4c(cccc4N2c2nc(-c4cc5ccccc5c5ccccc45)c4oc5ccccc5c4n2)-c2cccc4ccc5c(c3c1n5-c1ccccc1)c24. The van der Waals surface area contributed by atoms with Crippen LogP contribution in [0.15, 0.2) is 168 Å². The van der Waals surface area contributed by atoms with E-state index in [0.717, 1.165) is 44.2 Å². The molecule has 0 N–H and O–H groups in total. The van der Waals surface area contributed by atoms with E-state index in [4.69, 9.17) is 14.4 Å². The lowest BCUT2D eigenvalue weighted by Gasteiger charge is -2.29. The topological polar surface area (TPSA) is 47.1 Å². The van der Waals surface area contributed by atoms with E-state index in [1.165, 1.54) is 66.1 Å². The van der Waals surface area contributed by atoms with Gasteiger partial charge in [-0.05, 0) is 103 Å². The maximum atomic E-state index is 6.73. The minimum atomic E-state index is -0.0511. The first-order valence-electron chi connectivity index (χ1n) is 19.7. The summed E-state index contributed by atoms with van der Waals surface area (Å²) >= 11 is 0. The molecule has 0 saturated heterocycles. The molecular weight excluding hydrogens is 697 g/mol. The molecule has 264 valence electrons. The molecule has 5 heteroatoms. The van der Waals surface area contributed by atoms with Crippen molar-refractivity contribution in [1.29, 1.82) is 0 Å². The standard InChI is InChI=1S/C52H30N4O/c1-2-14-31(15-3-1)55-40-25-24-29-13-10-20-35-36-21-11-22-39-45(36)47-42(27-26-41(55)48(47)46(40)44(29)35)56(39)52-53-49-37-19-8-9-23-43(37)57-51(49)50(54-52)38-28-30-12-4-5-16-32(30)33-17-6-7-18-34(33)38/h1-28,42,47H. The van der Waals surface area contributed by atoms with Crippen molar-refractivity contribution >= 4 is 83.0 Å². The number of hydrogen-bond donors (Lipinski definition) is 0. The lowest BCUT2D eigenvalue weighted by atomic mass is 9.82. The predicted octanol–water partition coefficient (Wildman–Crippen LogP) is 13.1. The average molecular weight is 727 g/mol. The van der Waals surface area contributed by atoms with Crippen LogP contribution in [0.1, 0.15) is 22.7 Å². The minimum Gasteiger partial charge on any atom is -0.452 e. The third-order valence-electron chi connectivity index (χ3n) is 12.9. The third-order valence-corrected chi connectivity index (χ3v) is 12.9. The van der Waals surface area contributed by atoms with Crippen molar-refractivity contribution in [1.82, 2.24) is 14.5 Å². The second-order valence-electron chi connectivity index (χ2n) is 15.6. The number of fused-ring (bicyclic) bond motifs is 7. The molecule has 0 bridgehead atoms. The van der Waals surface area contributed by atoms with Crippen LogP contribution in [-0.4, -0.2) is 20.6 Å². The van der Waals surface area contributed by atoms with E-state index in [2.05, 4.69) is 167 Å². The Morgan fingerprint density at radius 1 is 0.544 bits per heavy atom. The zero-order valence-electron chi connectivity index (χ0n) is 30.5. The van der Waals surface area contributed by atoms with Crippen molar-refractivity contribution in [3.63, 3.8) is 0 Å². The molecule has 4 heterocycles. The van der Waals surface area contributed by atoms with E-state index in [1.807, 2.05) is 12.1 Å². The fraction of sp³-hybridized carbons (Fsp3) is 0.0385. The van der Waals surface area contributed by atoms with Gasteiger partial charge in [0.15, 0.2) is 5.58 Å². The highest BCUT2D eigenvalue weighted by Crippen LogP contribution is 2.59. The van der Waals surface area contributed by atoms with Gasteiger partial charge in [0, 0.05) is 33.6 Å². The highest BCUT2D eigenvalue weighted by Gasteiger charge is 2.47. The zero-order valence-corrected chi connectivity index (χ0v) is 30.5. The molecule has 0 fully saturated rings. The highest BCUT2D eigenvalue weighted by molar-refractivity contribution is 6.20. The maximum absolute atomic E-state index is 6.73. The van der Waals surface area contributed by atoms with E-state index in [0.29, 0.717) is 11.5 Å². The number of para-hydroxylation sites is 2. The first-order chi connectivity index (χ1) is 28.3. The molecule has 14 rings (SSSR count). The van der Waals surface area contributed by atoms with E-state index >= 15 is 0 Å². The Morgan fingerprint density at radius 3 is 2.21 bits per heavy atom. The van der Waals surface area contributed by atoms with Crippen LogP contribution >= 0.6 is 0 Å². The first kappa shape index (κ1) is 29.8. The molecule has 0 amide bonds. The Hall–Kier alpha value is -7.50. The Kier molecular flexibility index (Phi) is 5.55. The molecular formula is C52H30N4O. The summed E-state index contributed by atoms with van der Waals surface area (Å²) < 4.78 is 9.20. The van der Waals surface area contributed by atoms with Crippen LogP contribution in [0, 0.1) is 0 Å². The van der Waals surface area contributed by atoms with Gasteiger partial charge in [-0.15, -0.1) is 0 Å². The largest absolute Gasteiger partial charge is 0.452 e. The number of hydrogen-bond acceptors (Lipinski definition) is 4. The third kappa shape index (κ3) is 3.74. The molecule has 3 aliphatic rings. The molecule has 2 aliphatic carbocycles. The number of rotatable bonds is 3. The monoisotopic (exact) mass is 726 g/mol. The van der Waals surface area contributed by atoms with E-state index in [9.17, 15) is 0 Å². The maximum Gasteiger partial charge on any atom is 0.231 e. The van der Waals surface area contributed by atoms with Gasteiger partial charge in [0.25, 0.3) is 0 Å².